The molecule has 0 aliphatic carbocycles. The van der Waals surface area contributed by atoms with Crippen molar-refractivity contribution >= 4 is 38.4 Å². The lowest BCUT2D eigenvalue weighted by Crippen LogP contribution is -2.20. The Hall–Kier alpha value is -3.50. The van der Waals surface area contributed by atoms with Crippen molar-refractivity contribution in [3.63, 3.8) is 0 Å². The number of para-hydroxylation sites is 2. The molecule has 2 aromatic heterocycles. The standard InChI is InChI=1S/C20H11FN2O3S/c1-2-10-23-17-14(21)7-5-9-16(17)27-20(23)22-19(25)13-11-26-15-8-4-3-6-12(15)18(13)24/h1,3-9,11H,10H2. The minimum absolute atomic E-state index is 0.0410. The van der Waals surface area contributed by atoms with Gasteiger partial charge in [-0.15, -0.1) is 6.42 Å². The van der Waals surface area contributed by atoms with Crippen LogP contribution < -0.4 is 10.2 Å². The number of benzene rings is 2. The summed E-state index contributed by atoms with van der Waals surface area (Å²) in [4.78, 5) is 29.4. The maximum Gasteiger partial charge on any atom is 0.286 e. The fourth-order valence-corrected chi connectivity index (χ4v) is 3.82. The van der Waals surface area contributed by atoms with Gasteiger partial charge in [-0.2, -0.15) is 4.99 Å². The second-order valence-electron chi connectivity index (χ2n) is 5.65. The molecule has 0 aliphatic heterocycles. The molecule has 4 rings (SSSR count). The van der Waals surface area contributed by atoms with Crippen LogP contribution in [0.15, 0.2) is 62.9 Å². The number of nitrogens with zero attached hydrogens (tertiary/aromatic N) is 2. The third kappa shape index (κ3) is 2.86. The third-order valence-corrected chi connectivity index (χ3v) is 5.05. The van der Waals surface area contributed by atoms with Gasteiger partial charge < -0.3 is 8.98 Å². The smallest absolute Gasteiger partial charge is 0.286 e. The Kier molecular flexibility index (Phi) is 4.18. The van der Waals surface area contributed by atoms with Gasteiger partial charge in [-0.3, -0.25) is 9.59 Å². The van der Waals surface area contributed by atoms with E-state index in [0.717, 1.165) is 17.6 Å². The Morgan fingerprint density at radius 2 is 2.07 bits per heavy atom. The number of rotatable bonds is 2. The predicted molar refractivity (Wildman–Crippen MR) is 101 cm³/mol. The summed E-state index contributed by atoms with van der Waals surface area (Å²) < 4.78 is 21.6. The van der Waals surface area contributed by atoms with Gasteiger partial charge in [0.05, 0.1) is 22.1 Å². The number of hydrogen-bond acceptors (Lipinski definition) is 4. The molecular weight excluding hydrogens is 367 g/mol. The number of fused-ring (bicyclic) bond motifs is 2. The first-order valence-corrected chi connectivity index (χ1v) is 8.72. The van der Waals surface area contributed by atoms with Gasteiger partial charge in [0.25, 0.3) is 5.91 Å². The van der Waals surface area contributed by atoms with Gasteiger partial charge in [0.15, 0.2) is 4.80 Å². The summed E-state index contributed by atoms with van der Waals surface area (Å²) in [5, 5.41) is 0.289. The first-order chi connectivity index (χ1) is 13.1. The zero-order valence-electron chi connectivity index (χ0n) is 13.8. The lowest BCUT2D eigenvalue weighted by atomic mass is 10.2. The van der Waals surface area contributed by atoms with Crippen molar-refractivity contribution in [1.82, 2.24) is 4.57 Å². The maximum atomic E-state index is 14.2. The molecule has 0 spiro atoms. The molecular formula is C20H11FN2O3S. The zero-order valence-corrected chi connectivity index (χ0v) is 14.6. The molecule has 0 saturated heterocycles. The van der Waals surface area contributed by atoms with Crippen molar-refractivity contribution in [2.75, 3.05) is 0 Å². The van der Waals surface area contributed by atoms with Crippen LogP contribution in [0.25, 0.3) is 21.2 Å². The Morgan fingerprint density at radius 3 is 2.89 bits per heavy atom. The minimum Gasteiger partial charge on any atom is -0.463 e. The Balaban J connectivity index is 1.92. The number of hydrogen-bond donors (Lipinski definition) is 0. The summed E-state index contributed by atoms with van der Waals surface area (Å²) in [6, 6.07) is 11.2. The minimum atomic E-state index is -0.771. The third-order valence-electron chi connectivity index (χ3n) is 4.01. The van der Waals surface area contributed by atoms with Gasteiger partial charge in [0, 0.05) is 0 Å². The van der Waals surface area contributed by atoms with Crippen molar-refractivity contribution < 1.29 is 13.6 Å². The molecule has 2 aromatic carbocycles. The van der Waals surface area contributed by atoms with Gasteiger partial charge in [0.2, 0.25) is 5.43 Å². The molecule has 2 heterocycles. The molecule has 1 amide bonds. The topological polar surface area (TPSA) is 64.6 Å². The summed E-state index contributed by atoms with van der Waals surface area (Å²) in [6.07, 6.45) is 6.47. The summed E-state index contributed by atoms with van der Waals surface area (Å²) in [5.74, 6) is 1.20. The van der Waals surface area contributed by atoms with E-state index in [1.54, 1.807) is 36.4 Å². The normalized spacial score (nSPS) is 11.8. The van der Waals surface area contributed by atoms with Gasteiger partial charge in [0.1, 0.15) is 23.2 Å². The van der Waals surface area contributed by atoms with Crippen LogP contribution in [-0.2, 0) is 6.54 Å². The molecule has 132 valence electrons. The second-order valence-corrected chi connectivity index (χ2v) is 6.66. The van der Waals surface area contributed by atoms with Crippen molar-refractivity contribution in [1.29, 1.82) is 0 Å². The largest absolute Gasteiger partial charge is 0.463 e. The number of halogens is 1. The van der Waals surface area contributed by atoms with E-state index in [1.165, 1.54) is 10.6 Å². The fraction of sp³-hybridized carbons (Fsp3) is 0.0500. The molecule has 0 fully saturated rings. The SMILES string of the molecule is C#CCn1c(=NC(=O)c2coc3ccccc3c2=O)sc2cccc(F)c21. The monoisotopic (exact) mass is 378 g/mol. The molecule has 0 bridgehead atoms. The number of aromatic nitrogens is 1. The Labute approximate surface area is 156 Å². The summed E-state index contributed by atoms with van der Waals surface area (Å²) in [6.45, 7) is 0.0410. The van der Waals surface area contributed by atoms with Crippen molar-refractivity contribution in [2.45, 2.75) is 6.54 Å². The molecule has 5 nitrogen and oxygen atoms in total. The molecule has 0 saturated carbocycles. The van der Waals surface area contributed by atoms with E-state index in [0.29, 0.717) is 10.3 Å². The van der Waals surface area contributed by atoms with Crippen LogP contribution in [-0.4, -0.2) is 10.5 Å². The van der Waals surface area contributed by atoms with E-state index < -0.39 is 17.2 Å². The number of amides is 1. The van der Waals surface area contributed by atoms with E-state index in [4.69, 9.17) is 10.8 Å². The highest BCUT2D eigenvalue weighted by Gasteiger charge is 2.16. The maximum absolute atomic E-state index is 14.2. The summed E-state index contributed by atoms with van der Waals surface area (Å²) >= 11 is 1.12. The summed E-state index contributed by atoms with van der Waals surface area (Å²) in [7, 11) is 0. The number of thiazole rings is 1. The molecule has 7 heteroatoms. The second kappa shape index (κ2) is 6.67. The molecule has 0 atom stereocenters. The zero-order chi connectivity index (χ0) is 19.0. The molecule has 4 aromatic rings. The van der Waals surface area contributed by atoms with Crippen LogP contribution in [0.3, 0.4) is 0 Å². The number of terminal acetylenes is 1. The van der Waals surface area contributed by atoms with Gasteiger partial charge in [-0.1, -0.05) is 35.5 Å². The van der Waals surface area contributed by atoms with E-state index in [-0.39, 0.29) is 27.8 Å². The Morgan fingerprint density at radius 1 is 1.26 bits per heavy atom. The molecule has 27 heavy (non-hydrogen) atoms. The number of carbonyl (C=O) groups excluding carboxylic acids is 1. The van der Waals surface area contributed by atoms with Crippen LogP contribution in [0.2, 0.25) is 0 Å². The average molecular weight is 378 g/mol. The van der Waals surface area contributed by atoms with Crippen LogP contribution in [0, 0.1) is 18.2 Å². The number of carbonyl (C=O) groups is 1. The highest BCUT2D eigenvalue weighted by atomic mass is 32.1. The van der Waals surface area contributed by atoms with Crippen LogP contribution in [0.5, 0.6) is 0 Å². The molecule has 0 aliphatic rings. The molecule has 0 radical (unpaired) electrons. The van der Waals surface area contributed by atoms with Crippen molar-refractivity contribution in [3.8, 4) is 12.3 Å². The lowest BCUT2D eigenvalue weighted by molar-refractivity contribution is 0.0995. The van der Waals surface area contributed by atoms with E-state index in [9.17, 15) is 14.0 Å². The van der Waals surface area contributed by atoms with Gasteiger partial charge in [-0.25, -0.2) is 4.39 Å². The van der Waals surface area contributed by atoms with Gasteiger partial charge >= 0.3 is 0 Å². The van der Waals surface area contributed by atoms with Gasteiger partial charge in [-0.05, 0) is 24.3 Å². The first kappa shape index (κ1) is 16.9. The summed E-state index contributed by atoms with van der Waals surface area (Å²) in [5.41, 5.74) is -0.0109. The quantitative estimate of drug-likeness (QED) is 0.503. The first-order valence-electron chi connectivity index (χ1n) is 7.91. The van der Waals surface area contributed by atoms with Crippen LogP contribution >= 0.6 is 11.3 Å². The highest BCUT2D eigenvalue weighted by Crippen LogP contribution is 2.20. The fourth-order valence-electron chi connectivity index (χ4n) is 2.78. The van der Waals surface area contributed by atoms with E-state index >= 15 is 0 Å². The Bertz CT molecular complexity index is 1370. The average Bonchev–Trinajstić information content (AvgIpc) is 3.01. The van der Waals surface area contributed by atoms with E-state index in [2.05, 4.69) is 10.9 Å². The predicted octanol–water partition coefficient (Wildman–Crippen LogP) is 3.32. The van der Waals surface area contributed by atoms with Crippen LogP contribution in [0.4, 0.5) is 4.39 Å². The molecule has 0 unspecified atom stereocenters. The lowest BCUT2D eigenvalue weighted by Gasteiger charge is -2.01. The van der Waals surface area contributed by atoms with E-state index in [1.807, 2.05) is 0 Å². The van der Waals surface area contributed by atoms with Crippen molar-refractivity contribution in [3.05, 3.63) is 75.1 Å². The van der Waals surface area contributed by atoms with Crippen LogP contribution in [0.1, 0.15) is 10.4 Å². The highest BCUT2D eigenvalue weighted by molar-refractivity contribution is 7.16. The van der Waals surface area contributed by atoms with Crippen molar-refractivity contribution in [2.24, 2.45) is 4.99 Å². The molecule has 0 N–H and O–H groups in total.